The molecule has 0 fully saturated rings. The van der Waals surface area contributed by atoms with Crippen LogP contribution in [0.2, 0.25) is 0 Å². The molecule has 8 nitrogen and oxygen atoms in total. The van der Waals surface area contributed by atoms with Gasteiger partial charge in [0.05, 0.1) is 55.5 Å². The third kappa shape index (κ3) is 6.78. The highest BCUT2D eigenvalue weighted by molar-refractivity contribution is 6.30. The Balaban J connectivity index is 0.931. The number of hydrogen-bond acceptors (Lipinski definition) is 4. The molecule has 0 amide bonds. The Morgan fingerprint density at radius 3 is 1.27 bits per heavy atom. The minimum atomic E-state index is 0.344. The summed E-state index contributed by atoms with van der Waals surface area (Å²) in [6.07, 6.45) is 8.88. The lowest BCUT2D eigenvalue weighted by atomic mass is 10.0. The first-order valence-electron chi connectivity index (χ1n) is 27.8. The highest BCUT2D eigenvalue weighted by Gasteiger charge is 2.25. The molecule has 0 aliphatic rings. The van der Waals surface area contributed by atoms with Gasteiger partial charge >= 0.3 is 0 Å². The summed E-state index contributed by atoms with van der Waals surface area (Å²) in [7, 11) is 0. The SMILES string of the molecule is C/C=C/c1cc(-n2c3ccccc3c3c4c5ccccc5n(-c5ccccc5)c4ccc32)c(/C=C/c2ccc3nc(-c4nc5cc(C)ccc5o4)oc3c2)cc1-n1c2ccccc2c2c3c4ccccc4n(-c4ccccc4)c3ccc21. The number of aromatic nitrogens is 6. The number of fused-ring (bicyclic) bond motifs is 16. The van der Waals surface area contributed by atoms with E-state index in [1.54, 1.807) is 0 Å². The molecule has 6 aromatic heterocycles. The molecule has 0 aliphatic heterocycles. The smallest absolute Gasteiger partial charge is 0.284 e. The molecule has 386 valence electrons. The zero-order chi connectivity index (χ0) is 54.2. The number of para-hydroxylation sites is 6. The second kappa shape index (κ2) is 17.8. The van der Waals surface area contributed by atoms with Crippen molar-refractivity contribution in [1.29, 1.82) is 0 Å². The summed E-state index contributed by atoms with van der Waals surface area (Å²) in [6, 6.07) is 83.0. The Morgan fingerprint density at radius 1 is 0.341 bits per heavy atom. The van der Waals surface area contributed by atoms with Gasteiger partial charge in [0.2, 0.25) is 0 Å². The summed E-state index contributed by atoms with van der Waals surface area (Å²) in [6.45, 7) is 4.16. The summed E-state index contributed by atoms with van der Waals surface area (Å²) in [5.74, 6) is 0.699. The third-order valence-electron chi connectivity index (χ3n) is 16.6. The maximum atomic E-state index is 6.44. The Morgan fingerprint density at radius 2 is 0.768 bits per heavy atom. The van der Waals surface area contributed by atoms with Gasteiger partial charge in [0, 0.05) is 65.6 Å². The quantitative estimate of drug-likeness (QED) is 0.142. The lowest BCUT2D eigenvalue weighted by molar-refractivity contribution is 0.550. The summed E-state index contributed by atoms with van der Waals surface area (Å²) in [5.41, 5.74) is 20.6. The lowest BCUT2D eigenvalue weighted by Gasteiger charge is -2.18. The van der Waals surface area contributed by atoms with Crippen molar-refractivity contribution in [1.82, 2.24) is 28.2 Å². The van der Waals surface area contributed by atoms with Crippen LogP contribution in [0.25, 0.3) is 162 Å². The van der Waals surface area contributed by atoms with Crippen LogP contribution in [0.1, 0.15) is 29.2 Å². The normalized spacial score (nSPS) is 12.4. The Labute approximate surface area is 469 Å². The Bertz CT molecular complexity index is 5550. The van der Waals surface area contributed by atoms with Crippen LogP contribution in [0.5, 0.6) is 0 Å². The maximum absolute atomic E-state index is 6.44. The van der Waals surface area contributed by atoms with Crippen LogP contribution in [-0.2, 0) is 0 Å². The van der Waals surface area contributed by atoms with E-state index in [2.05, 4.69) is 250 Å². The van der Waals surface area contributed by atoms with Gasteiger partial charge in [-0.2, -0.15) is 0 Å². The van der Waals surface area contributed by atoms with Crippen molar-refractivity contribution in [2.45, 2.75) is 13.8 Å². The van der Waals surface area contributed by atoms with Crippen molar-refractivity contribution < 1.29 is 8.83 Å². The molecule has 6 heterocycles. The number of aryl methyl sites for hydroxylation is 1. The van der Waals surface area contributed by atoms with Crippen molar-refractivity contribution >= 4 is 128 Å². The van der Waals surface area contributed by atoms with Crippen LogP contribution >= 0.6 is 0 Å². The number of rotatable bonds is 8. The van der Waals surface area contributed by atoms with E-state index < -0.39 is 0 Å². The van der Waals surface area contributed by atoms with Crippen molar-refractivity contribution in [3.05, 3.63) is 259 Å². The molecule has 0 unspecified atom stereocenters. The summed E-state index contributed by atoms with van der Waals surface area (Å²) >= 11 is 0. The molecule has 17 rings (SSSR count). The van der Waals surface area contributed by atoms with Gasteiger partial charge in [0.15, 0.2) is 11.2 Å². The molecule has 0 aliphatic carbocycles. The van der Waals surface area contributed by atoms with E-state index in [9.17, 15) is 0 Å². The zero-order valence-electron chi connectivity index (χ0n) is 44.7. The topological polar surface area (TPSA) is 71.8 Å². The van der Waals surface area contributed by atoms with Gasteiger partial charge < -0.3 is 27.1 Å². The molecule has 8 heteroatoms. The highest BCUT2D eigenvalue weighted by Crippen LogP contribution is 2.46. The molecule has 0 atom stereocenters. The number of allylic oxidation sites excluding steroid dienone is 1. The van der Waals surface area contributed by atoms with E-state index in [1.165, 1.54) is 59.6 Å². The van der Waals surface area contributed by atoms with Crippen LogP contribution in [0, 0.1) is 6.92 Å². The molecule has 11 aromatic carbocycles. The predicted molar refractivity (Wildman–Crippen MR) is 339 cm³/mol. The van der Waals surface area contributed by atoms with Gasteiger partial charge in [-0.15, -0.1) is 0 Å². The fourth-order valence-electron chi connectivity index (χ4n) is 13.2. The summed E-state index contributed by atoms with van der Waals surface area (Å²) in [4.78, 5) is 9.57. The zero-order valence-corrected chi connectivity index (χ0v) is 44.7. The predicted octanol–water partition coefficient (Wildman–Crippen LogP) is 19.5. The average molecular weight is 1050 g/mol. The fourth-order valence-corrected chi connectivity index (χ4v) is 13.2. The Hall–Kier alpha value is -11.0. The minimum absolute atomic E-state index is 0.344. The second-order valence-corrected chi connectivity index (χ2v) is 21.3. The molecule has 0 bridgehead atoms. The van der Waals surface area contributed by atoms with Gasteiger partial charge in [0.25, 0.3) is 11.8 Å². The summed E-state index contributed by atoms with van der Waals surface area (Å²) < 4.78 is 22.4. The number of oxazole rings is 2. The van der Waals surface area contributed by atoms with Crippen molar-refractivity contribution in [3.63, 3.8) is 0 Å². The number of benzene rings is 11. The van der Waals surface area contributed by atoms with E-state index >= 15 is 0 Å². The minimum Gasteiger partial charge on any atom is -0.432 e. The number of nitrogens with zero attached hydrogens (tertiary/aromatic N) is 6. The maximum Gasteiger partial charge on any atom is 0.284 e. The second-order valence-electron chi connectivity index (χ2n) is 21.3. The molecule has 0 saturated carbocycles. The van der Waals surface area contributed by atoms with Gasteiger partial charge in [-0.05, 0) is 134 Å². The van der Waals surface area contributed by atoms with Gasteiger partial charge in [0.1, 0.15) is 11.0 Å². The molecule has 82 heavy (non-hydrogen) atoms. The molecule has 0 N–H and O–H groups in total. The van der Waals surface area contributed by atoms with Gasteiger partial charge in [-0.25, -0.2) is 9.97 Å². The van der Waals surface area contributed by atoms with Crippen LogP contribution < -0.4 is 0 Å². The van der Waals surface area contributed by atoms with Crippen LogP contribution in [0.4, 0.5) is 0 Å². The third-order valence-corrected chi connectivity index (χ3v) is 16.6. The molecular weight excluding hydrogens is 1000 g/mol. The monoisotopic (exact) mass is 1050 g/mol. The van der Waals surface area contributed by atoms with Gasteiger partial charge in [-0.3, -0.25) is 0 Å². The van der Waals surface area contributed by atoms with Crippen LogP contribution in [0.3, 0.4) is 0 Å². The average Bonchev–Trinajstić information content (AvgIpc) is 2.78. The first kappa shape index (κ1) is 46.0. The Kier molecular flexibility index (Phi) is 9.97. The highest BCUT2D eigenvalue weighted by atomic mass is 16.4. The van der Waals surface area contributed by atoms with Crippen molar-refractivity contribution in [2.24, 2.45) is 0 Å². The van der Waals surface area contributed by atoms with E-state index in [-0.39, 0.29) is 0 Å². The van der Waals surface area contributed by atoms with Crippen LogP contribution in [0.15, 0.2) is 245 Å². The largest absolute Gasteiger partial charge is 0.432 e. The van der Waals surface area contributed by atoms with Crippen molar-refractivity contribution in [3.8, 4) is 34.5 Å². The van der Waals surface area contributed by atoms with E-state index in [0.717, 1.165) is 83.6 Å². The van der Waals surface area contributed by atoms with Crippen LogP contribution in [-0.4, -0.2) is 28.2 Å². The number of hydrogen-bond donors (Lipinski definition) is 0. The molecule has 0 spiro atoms. The fraction of sp³-hybridized carbons (Fsp3) is 0.0270. The standard InChI is InChI=1S/C74H48N6O2/c1-3-18-47-43-66(80-60-30-17-13-26-54(60)72-64(80)39-37-62-70(72)52-24-11-15-28-58(52)78(62)50-21-8-5-9-22-50)48(34-32-46-33-35-55-68(42-46)82-73(75-55)74-76-56-41-45(2)31-40-67(56)81-74)44-65(47)79-59-29-16-12-25-53(59)71-63(79)38-36-61-69(71)51-23-10-14-27-57(51)77(61)49-19-6-4-7-20-49/h3-44H,1-2H3/b18-3+,34-32+. The van der Waals surface area contributed by atoms with E-state index in [4.69, 9.17) is 18.8 Å². The molecule has 17 aromatic rings. The molecule has 0 saturated heterocycles. The molecular formula is C74H48N6O2. The van der Waals surface area contributed by atoms with Crippen molar-refractivity contribution in [2.75, 3.05) is 0 Å². The van der Waals surface area contributed by atoms with E-state index in [1.807, 2.05) is 37.3 Å². The molecule has 0 radical (unpaired) electrons. The van der Waals surface area contributed by atoms with Gasteiger partial charge in [-0.1, -0.05) is 146 Å². The summed E-state index contributed by atoms with van der Waals surface area (Å²) in [5, 5.41) is 9.71. The first-order valence-corrected chi connectivity index (χ1v) is 27.8. The first-order chi connectivity index (χ1) is 40.5. The van der Waals surface area contributed by atoms with E-state index in [0.29, 0.717) is 22.9 Å². The lowest BCUT2D eigenvalue weighted by Crippen LogP contribution is -2.03.